The van der Waals surface area contributed by atoms with Gasteiger partial charge < -0.3 is 4.18 Å². The first-order valence-electron chi connectivity index (χ1n) is 5.58. The van der Waals surface area contributed by atoms with E-state index in [1.807, 2.05) is 0 Å². The van der Waals surface area contributed by atoms with Gasteiger partial charge in [-0.2, -0.15) is 26.6 Å². The predicted molar refractivity (Wildman–Crippen MR) is 70.5 cm³/mol. The first kappa shape index (κ1) is 16.3. The lowest BCUT2D eigenvalue weighted by Crippen LogP contribution is -2.34. The molecule has 0 atom stereocenters. The van der Waals surface area contributed by atoms with E-state index >= 15 is 0 Å². The minimum absolute atomic E-state index is 0.0837. The molecule has 0 spiro atoms. The van der Waals surface area contributed by atoms with Gasteiger partial charge in [0.1, 0.15) is 19.3 Å². The van der Waals surface area contributed by atoms with Crippen molar-refractivity contribution in [2.75, 3.05) is 0 Å². The van der Waals surface area contributed by atoms with Gasteiger partial charge in [-0.15, -0.1) is 0 Å². The molecule has 0 N–H and O–H groups in total. The van der Waals surface area contributed by atoms with E-state index in [1.54, 1.807) is 0 Å². The standard InChI is InChI=1S/C10H7BF3N3O4S/c1-4-15-7-5(3-6(11)9(18)17(7)2)8(16-4)21-22(19,20)10(12,13)14/h3H,1-2H3. The lowest BCUT2D eigenvalue weighted by atomic mass is 9.97. The van der Waals surface area contributed by atoms with Crippen molar-refractivity contribution >= 4 is 34.5 Å². The van der Waals surface area contributed by atoms with E-state index in [-0.39, 0.29) is 22.3 Å². The number of nitrogens with zero attached hydrogens (tertiary/aromatic N) is 3. The highest BCUT2D eigenvalue weighted by atomic mass is 32.2. The minimum atomic E-state index is -5.91. The fourth-order valence-electron chi connectivity index (χ4n) is 1.65. The summed E-state index contributed by atoms with van der Waals surface area (Å²) in [5.74, 6) is -0.943. The molecule has 0 amide bonds. The maximum absolute atomic E-state index is 12.4. The molecule has 0 bridgehead atoms. The monoisotopic (exact) mass is 333 g/mol. The number of pyridine rings is 1. The summed E-state index contributed by atoms with van der Waals surface area (Å²) in [6, 6.07) is 0.957. The van der Waals surface area contributed by atoms with Crippen LogP contribution in [0.5, 0.6) is 5.88 Å². The van der Waals surface area contributed by atoms with Gasteiger partial charge in [0, 0.05) is 7.05 Å². The van der Waals surface area contributed by atoms with Crippen molar-refractivity contribution in [1.29, 1.82) is 0 Å². The number of hydrogen-bond donors (Lipinski definition) is 0. The smallest absolute Gasteiger partial charge is 0.354 e. The second kappa shape index (κ2) is 4.97. The summed E-state index contributed by atoms with van der Waals surface area (Å²) >= 11 is 0. The molecule has 0 saturated carbocycles. The van der Waals surface area contributed by atoms with Gasteiger partial charge in [-0.05, 0) is 18.5 Å². The van der Waals surface area contributed by atoms with E-state index < -0.39 is 27.1 Å². The zero-order valence-electron chi connectivity index (χ0n) is 11.2. The Hall–Kier alpha value is -2.11. The number of hydrogen-bond acceptors (Lipinski definition) is 6. The third kappa shape index (κ3) is 2.65. The van der Waals surface area contributed by atoms with Crippen LogP contribution >= 0.6 is 0 Å². The average molecular weight is 333 g/mol. The molecular formula is C10H7BF3N3O4S. The Morgan fingerprint density at radius 3 is 2.45 bits per heavy atom. The number of halogens is 3. The number of alkyl halides is 3. The van der Waals surface area contributed by atoms with E-state index in [0.29, 0.717) is 0 Å². The maximum atomic E-state index is 12.4. The van der Waals surface area contributed by atoms with Crippen LogP contribution in [0.25, 0.3) is 11.0 Å². The molecule has 2 radical (unpaired) electrons. The zero-order valence-corrected chi connectivity index (χ0v) is 12.0. The fourth-order valence-corrected chi connectivity index (χ4v) is 2.07. The van der Waals surface area contributed by atoms with Crippen LogP contribution in [0, 0.1) is 6.92 Å². The Bertz CT molecular complexity index is 924. The molecule has 0 unspecified atom stereocenters. The Morgan fingerprint density at radius 1 is 1.32 bits per heavy atom. The van der Waals surface area contributed by atoms with Crippen LogP contribution in [-0.4, -0.2) is 36.3 Å². The molecule has 2 aromatic rings. The fraction of sp³-hybridized carbons (Fsp3) is 0.300. The van der Waals surface area contributed by atoms with Crippen molar-refractivity contribution < 1.29 is 25.8 Å². The lowest BCUT2D eigenvalue weighted by Gasteiger charge is -2.12. The summed E-state index contributed by atoms with van der Waals surface area (Å²) in [6.45, 7) is 1.30. The molecular weight excluding hydrogens is 326 g/mol. The van der Waals surface area contributed by atoms with Gasteiger partial charge in [-0.25, -0.2) is 4.98 Å². The summed E-state index contributed by atoms with van der Waals surface area (Å²) in [7, 11) is 0.787. The molecule has 0 saturated heterocycles. The van der Waals surface area contributed by atoms with Crippen LogP contribution in [0.3, 0.4) is 0 Å². The molecule has 0 fully saturated rings. The van der Waals surface area contributed by atoms with Crippen LogP contribution in [0.4, 0.5) is 13.2 Å². The van der Waals surface area contributed by atoms with Crippen molar-refractivity contribution in [1.82, 2.24) is 14.5 Å². The first-order chi connectivity index (χ1) is 9.94. The van der Waals surface area contributed by atoms with E-state index in [4.69, 9.17) is 7.85 Å². The van der Waals surface area contributed by atoms with E-state index in [2.05, 4.69) is 14.2 Å². The van der Waals surface area contributed by atoms with Crippen LogP contribution in [-0.2, 0) is 17.2 Å². The molecule has 116 valence electrons. The summed E-state index contributed by atoms with van der Waals surface area (Å²) < 4.78 is 64.4. The van der Waals surface area contributed by atoms with Crippen molar-refractivity contribution in [3.63, 3.8) is 0 Å². The van der Waals surface area contributed by atoms with Gasteiger partial charge in [0.15, 0.2) is 0 Å². The summed E-state index contributed by atoms with van der Waals surface area (Å²) in [6.07, 6.45) is 0. The van der Waals surface area contributed by atoms with E-state index in [1.165, 1.54) is 14.0 Å². The van der Waals surface area contributed by atoms with Crippen LogP contribution in [0.15, 0.2) is 10.9 Å². The van der Waals surface area contributed by atoms with Crippen LogP contribution in [0.1, 0.15) is 5.82 Å². The third-order valence-corrected chi connectivity index (χ3v) is 3.59. The third-order valence-electron chi connectivity index (χ3n) is 2.64. The molecule has 2 rings (SSSR count). The molecule has 2 aromatic heterocycles. The van der Waals surface area contributed by atoms with Gasteiger partial charge in [-0.1, -0.05) is 0 Å². The van der Waals surface area contributed by atoms with Crippen molar-refractivity contribution in [2.45, 2.75) is 12.4 Å². The summed E-state index contributed by atoms with van der Waals surface area (Å²) in [4.78, 5) is 19.1. The Labute approximate surface area is 123 Å². The molecule has 0 aliphatic heterocycles. The molecule has 22 heavy (non-hydrogen) atoms. The Balaban J connectivity index is 2.78. The summed E-state index contributed by atoms with van der Waals surface area (Å²) in [5, 5.41) is -0.238. The average Bonchev–Trinajstić information content (AvgIpc) is 2.36. The lowest BCUT2D eigenvalue weighted by molar-refractivity contribution is -0.0500. The quantitative estimate of drug-likeness (QED) is 0.424. The number of aryl methyl sites for hydroxylation is 2. The molecule has 7 nitrogen and oxygen atoms in total. The second-order valence-electron chi connectivity index (χ2n) is 4.26. The number of fused-ring (bicyclic) bond motifs is 1. The number of rotatable bonds is 2. The molecule has 12 heteroatoms. The maximum Gasteiger partial charge on any atom is 0.534 e. The van der Waals surface area contributed by atoms with Gasteiger partial charge in [0.05, 0.1) is 5.39 Å². The Kier molecular flexibility index (Phi) is 3.67. The highest BCUT2D eigenvalue weighted by molar-refractivity contribution is 7.88. The van der Waals surface area contributed by atoms with Crippen molar-refractivity contribution in [3.8, 4) is 5.88 Å². The molecule has 2 heterocycles. The zero-order chi connectivity index (χ0) is 16.9. The molecule has 0 aromatic carbocycles. The predicted octanol–water partition coefficient (Wildman–Crippen LogP) is -0.341. The number of aromatic nitrogens is 3. The van der Waals surface area contributed by atoms with Crippen LogP contribution < -0.4 is 15.2 Å². The SMILES string of the molecule is [B]c1cc2c(OS(=O)(=O)C(F)(F)F)nc(C)nc2n(C)c1=O. The molecule has 0 aliphatic carbocycles. The topological polar surface area (TPSA) is 91.2 Å². The minimum Gasteiger partial charge on any atom is -0.354 e. The normalized spacial score (nSPS) is 12.6. The highest BCUT2D eigenvalue weighted by Gasteiger charge is 2.49. The van der Waals surface area contributed by atoms with Crippen LogP contribution in [0.2, 0.25) is 0 Å². The van der Waals surface area contributed by atoms with Crippen molar-refractivity contribution in [2.24, 2.45) is 7.05 Å². The van der Waals surface area contributed by atoms with Gasteiger partial charge in [0.2, 0.25) is 11.4 Å². The van der Waals surface area contributed by atoms with E-state index in [9.17, 15) is 26.4 Å². The summed E-state index contributed by atoms with van der Waals surface area (Å²) in [5.41, 5.74) is -6.70. The first-order valence-corrected chi connectivity index (χ1v) is 6.99. The second-order valence-corrected chi connectivity index (χ2v) is 5.80. The largest absolute Gasteiger partial charge is 0.534 e. The highest BCUT2D eigenvalue weighted by Crippen LogP contribution is 2.29. The van der Waals surface area contributed by atoms with Gasteiger partial charge in [-0.3, -0.25) is 9.36 Å². The Morgan fingerprint density at radius 2 is 1.91 bits per heavy atom. The van der Waals surface area contributed by atoms with Crippen molar-refractivity contribution in [3.05, 3.63) is 22.2 Å². The van der Waals surface area contributed by atoms with Gasteiger partial charge in [0.25, 0.3) is 0 Å². The molecule has 0 aliphatic rings. The van der Waals surface area contributed by atoms with Gasteiger partial charge >= 0.3 is 15.6 Å². The van der Waals surface area contributed by atoms with E-state index in [0.717, 1.165) is 10.6 Å².